The summed E-state index contributed by atoms with van der Waals surface area (Å²) in [6, 6.07) is 18.7. The van der Waals surface area contributed by atoms with E-state index < -0.39 is 5.63 Å². The number of hydrogen-bond donors (Lipinski definition) is 1. The van der Waals surface area contributed by atoms with Gasteiger partial charge in [-0.15, -0.1) is 0 Å². The minimum absolute atomic E-state index is 0.0659. The summed E-state index contributed by atoms with van der Waals surface area (Å²) >= 11 is 1.24. The Morgan fingerprint density at radius 3 is 2.24 bits per heavy atom. The Balaban J connectivity index is 2.02. The summed E-state index contributed by atoms with van der Waals surface area (Å²) in [6.07, 6.45) is 0. The van der Waals surface area contributed by atoms with Crippen molar-refractivity contribution in [1.29, 1.82) is 0 Å². The van der Waals surface area contributed by atoms with Crippen LogP contribution in [0.4, 0.5) is 0 Å². The molecule has 0 bridgehead atoms. The van der Waals surface area contributed by atoms with Crippen LogP contribution in [0.15, 0.2) is 79.7 Å². The van der Waals surface area contributed by atoms with Crippen LogP contribution in [0.25, 0.3) is 11.3 Å². The molecule has 0 saturated carbocycles. The molecule has 0 saturated heterocycles. The SMILES string of the molecule is CC(C)(C)c1ccccc1Sc1c(O)cc(-c2ccccc2)oc1=O. The summed E-state index contributed by atoms with van der Waals surface area (Å²) in [4.78, 5) is 13.6. The average Bonchev–Trinajstić information content (AvgIpc) is 2.58. The number of rotatable bonds is 3. The topological polar surface area (TPSA) is 50.4 Å². The molecule has 4 heteroatoms. The van der Waals surface area contributed by atoms with Gasteiger partial charge in [-0.1, -0.05) is 81.1 Å². The van der Waals surface area contributed by atoms with Crippen molar-refractivity contribution in [2.24, 2.45) is 0 Å². The third-order valence-corrected chi connectivity index (χ3v) is 5.01. The first-order valence-electron chi connectivity index (χ1n) is 8.06. The fourth-order valence-corrected chi connectivity index (χ4v) is 3.73. The summed E-state index contributed by atoms with van der Waals surface area (Å²) in [7, 11) is 0. The van der Waals surface area contributed by atoms with Gasteiger partial charge in [-0.2, -0.15) is 0 Å². The van der Waals surface area contributed by atoms with Crippen molar-refractivity contribution in [3.05, 3.63) is 76.6 Å². The van der Waals surface area contributed by atoms with E-state index in [1.165, 1.54) is 17.8 Å². The van der Waals surface area contributed by atoms with Crippen molar-refractivity contribution in [1.82, 2.24) is 0 Å². The maximum Gasteiger partial charge on any atom is 0.354 e. The number of aromatic hydroxyl groups is 1. The Labute approximate surface area is 151 Å². The van der Waals surface area contributed by atoms with Gasteiger partial charge < -0.3 is 9.52 Å². The van der Waals surface area contributed by atoms with Crippen LogP contribution >= 0.6 is 11.8 Å². The lowest BCUT2D eigenvalue weighted by atomic mass is 9.87. The fourth-order valence-electron chi connectivity index (χ4n) is 2.59. The third kappa shape index (κ3) is 3.80. The molecule has 25 heavy (non-hydrogen) atoms. The van der Waals surface area contributed by atoms with Gasteiger partial charge in [0.25, 0.3) is 0 Å². The minimum atomic E-state index is -0.535. The molecule has 0 atom stereocenters. The summed E-state index contributed by atoms with van der Waals surface area (Å²) < 4.78 is 5.44. The van der Waals surface area contributed by atoms with Gasteiger partial charge in [0.2, 0.25) is 0 Å². The van der Waals surface area contributed by atoms with Crippen LogP contribution in [0.1, 0.15) is 26.3 Å². The number of benzene rings is 2. The molecule has 128 valence electrons. The Morgan fingerprint density at radius 1 is 0.960 bits per heavy atom. The molecule has 0 aliphatic carbocycles. The maximum absolute atomic E-state index is 12.5. The van der Waals surface area contributed by atoms with Gasteiger partial charge in [-0.05, 0) is 17.0 Å². The second-order valence-corrected chi connectivity index (χ2v) is 7.88. The molecule has 0 fully saturated rings. The van der Waals surface area contributed by atoms with Gasteiger partial charge in [0.05, 0.1) is 0 Å². The van der Waals surface area contributed by atoms with Crippen molar-refractivity contribution in [3.8, 4) is 17.1 Å². The normalized spacial score (nSPS) is 11.5. The second-order valence-electron chi connectivity index (χ2n) is 6.83. The van der Waals surface area contributed by atoms with E-state index in [1.54, 1.807) is 0 Å². The van der Waals surface area contributed by atoms with E-state index in [0.717, 1.165) is 16.0 Å². The van der Waals surface area contributed by atoms with Crippen molar-refractivity contribution >= 4 is 11.8 Å². The van der Waals surface area contributed by atoms with Crippen molar-refractivity contribution < 1.29 is 9.52 Å². The molecule has 1 aromatic heterocycles. The molecule has 0 unspecified atom stereocenters. The van der Waals surface area contributed by atoms with Crippen LogP contribution in [-0.4, -0.2) is 5.11 Å². The van der Waals surface area contributed by atoms with Gasteiger partial charge in [0.15, 0.2) is 0 Å². The zero-order chi connectivity index (χ0) is 18.0. The molecule has 0 spiro atoms. The average molecular weight is 352 g/mol. The van der Waals surface area contributed by atoms with Crippen molar-refractivity contribution in [2.75, 3.05) is 0 Å². The molecule has 3 rings (SSSR count). The third-order valence-electron chi connectivity index (χ3n) is 3.85. The molecule has 3 aromatic rings. The molecule has 0 aliphatic heterocycles. The summed E-state index contributed by atoms with van der Waals surface area (Å²) in [5, 5.41) is 10.4. The predicted molar refractivity (Wildman–Crippen MR) is 101 cm³/mol. The highest BCUT2D eigenvalue weighted by molar-refractivity contribution is 7.99. The molecule has 0 aliphatic rings. The molecule has 1 N–H and O–H groups in total. The lowest BCUT2D eigenvalue weighted by molar-refractivity contribution is 0.430. The van der Waals surface area contributed by atoms with Crippen molar-refractivity contribution in [3.63, 3.8) is 0 Å². The van der Waals surface area contributed by atoms with Gasteiger partial charge in [-0.25, -0.2) is 4.79 Å². The van der Waals surface area contributed by atoms with Gasteiger partial charge >= 0.3 is 5.63 Å². The Morgan fingerprint density at radius 2 is 1.60 bits per heavy atom. The molecule has 0 radical (unpaired) electrons. The summed E-state index contributed by atoms with van der Waals surface area (Å²) in [5.41, 5.74) is 1.27. The highest BCUT2D eigenvalue weighted by Crippen LogP contribution is 2.39. The summed E-state index contributed by atoms with van der Waals surface area (Å²) in [6.45, 7) is 6.35. The van der Waals surface area contributed by atoms with E-state index >= 15 is 0 Å². The van der Waals surface area contributed by atoms with Crippen molar-refractivity contribution in [2.45, 2.75) is 36.0 Å². The first kappa shape index (κ1) is 17.4. The Kier molecular flexibility index (Phi) is 4.73. The number of hydrogen-bond acceptors (Lipinski definition) is 4. The van der Waals surface area contributed by atoms with E-state index in [-0.39, 0.29) is 16.1 Å². The monoisotopic (exact) mass is 352 g/mol. The van der Waals surface area contributed by atoms with E-state index in [9.17, 15) is 9.90 Å². The van der Waals surface area contributed by atoms with Gasteiger partial charge in [0.1, 0.15) is 16.4 Å². The Bertz CT molecular complexity index is 937. The maximum atomic E-state index is 12.5. The highest BCUT2D eigenvalue weighted by atomic mass is 32.2. The summed E-state index contributed by atoms with van der Waals surface area (Å²) in [5.74, 6) is 0.292. The molecular formula is C21H20O3S. The standard InChI is InChI=1S/C21H20O3S/c1-21(2,3)15-11-7-8-12-18(15)25-19-16(22)13-17(24-20(19)23)14-9-5-4-6-10-14/h4-13,22H,1-3H3. The van der Waals surface area contributed by atoms with Crippen LogP contribution in [0.3, 0.4) is 0 Å². The molecule has 1 heterocycles. The zero-order valence-corrected chi connectivity index (χ0v) is 15.3. The van der Waals surface area contributed by atoms with Crippen LogP contribution in [0.2, 0.25) is 0 Å². The zero-order valence-electron chi connectivity index (χ0n) is 14.4. The van der Waals surface area contributed by atoms with E-state index in [1.807, 2.05) is 54.6 Å². The molecule has 3 nitrogen and oxygen atoms in total. The molecular weight excluding hydrogens is 332 g/mol. The Hall–Kier alpha value is -2.46. The molecule has 2 aromatic carbocycles. The van der Waals surface area contributed by atoms with Gasteiger partial charge in [0, 0.05) is 16.5 Å². The first-order valence-corrected chi connectivity index (χ1v) is 8.88. The van der Waals surface area contributed by atoms with E-state index in [4.69, 9.17) is 4.42 Å². The van der Waals surface area contributed by atoms with E-state index in [0.29, 0.717) is 5.76 Å². The second kappa shape index (κ2) is 6.81. The lowest BCUT2D eigenvalue weighted by Crippen LogP contribution is -2.12. The smallest absolute Gasteiger partial charge is 0.354 e. The highest BCUT2D eigenvalue weighted by Gasteiger charge is 2.21. The van der Waals surface area contributed by atoms with Crippen LogP contribution < -0.4 is 5.63 Å². The molecule has 0 amide bonds. The lowest BCUT2D eigenvalue weighted by Gasteiger charge is -2.22. The fraction of sp³-hybridized carbons (Fsp3) is 0.190. The first-order chi connectivity index (χ1) is 11.9. The predicted octanol–water partition coefficient (Wildman–Crippen LogP) is 5.46. The van der Waals surface area contributed by atoms with Crippen LogP contribution in [0.5, 0.6) is 5.75 Å². The van der Waals surface area contributed by atoms with Gasteiger partial charge in [-0.3, -0.25) is 0 Å². The van der Waals surface area contributed by atoms with E-state index in [2.05, 4.69) is 20.8 Å². The quantitative estimate of drug-likeness (QED) is 0.680. The van der Waals surface area contributed by atoms with Crippen LogP contribution in [0, 0.1) is 0 Å². The minimum Gasteiger partial charge on any atom is -0.506 e. The largest absolute Gasteiger partial charge is 0.506 e. The van der Waals surface area contributed by atoms with Crippen LogP contribution in [-0.2, 0) is 5.41 Å².